The Hall–Kier alpha value is -1.06. The largest absolute Gasteiger partial charge is 0.349 e. The van der Waals surface area contributed by atoms with Gasteiger partial charge in [0.1, 0.15) is 0 Å². The maximum Gasteiger partial charge on any atom is 0.227 e. The number of nitrogens with zero attached hydrogens (tertiary/aromatic N) is 2. The van der Waals surface area contributed by atoms with Crippen molar-refractivity contribution in [1.29, 1.82) is 0 Å². The van der Waals surface area contributed by atoms with Crippen LogP contribution < -0.4 is 0 Å². The van der Waals surface area contributed by atoms with E-state index in [1.807, 2.05) is 13.8 Å². The molecule has 1 aliphatic heterocycles. The van der Waals surface area contributed by atoms with Crippen LogP contribution in [-0.2, 0) is 9.59 Å². The van der Waals surface area contributed by atoms with Crippen molar-refractivity contribution in [2.75, 3.05) is 27.2 Å². The maximum absolute atomic E-state index is 11.7. The Balaban J connectivity index is 2.53. The van der Waals surface area contributed by atoms with E-state index < -0.39 is 0 Å². The van der Waals surface area contributed by atoms with E-state index in [0.717, 1.165) is 13.0 Å². The predicted octanol–water partition coefficient (Wildman–Crippen LogP) is 0.579. The Bertz CT molecular complexity index is 235. The number of hydrogen-bond donors (Lipinski definition) is 0. The van der Waals surface area contributed by atoms with Gasteiger partial charge in [0, 0.05) is 33.1 Å². The summed E-state index contributed by atoms with van der Waals surface area (Å²) in [4.78, 5) is 26.8. The van der Waals surface area contributed by atoms with Crippen LogP contribution in [0.5, 0.6) is 0 Å². The Morgan fingerprint density at radius 3 is 2.40 bits per heavy atom. The molecule has 0 aromatic heterocycles. The van der Waals surface area contributed by atoms with Crippen molar-refractivity contribution in [2.45, 2.75) is 20.3 Å². The third kappa shape index (κ3) is 2.70. The van der Waals surface area contributed by atoms with Crippen LogP contribution in [0.2, 0.25) is 0 Å². The van der Waals surface area contributed by atoms with Gasteiger partial charge in [-0.2, -0.15) is 0 Å². The number of carbonyl (C=O) groups is 2. The van der Waals surface area contributed by atoms with Crippen LogP contribution in [0, 0.1) is 11.8 Å². The van der Waals surface area contributed by atoms with E-state index in [1.54, 1.807) is 23.9 Å². The molecule has 1 atom stereocenters. The van der Waals surface area contributed by atoms with Crippen molar-refractivity contribution < 1.29 is 9.59 Å². The molecule has 0 aromatic rings. The highest BCUT2D eigenvalue weighted by Crippen LogP contribution is 2.19. The molecule has 0 saturated carbocycles. The minimum absolute atomic E-state index is 0.00250. The zero-order valence-electron chi connectivity index (χ0n) is 9.99. The van der Waals surface area contributed by atoms with Crippen LogP contribution in [-0.4, -0.2) is 48.8 Å². The fraction of sp³-hybridized carbons (Fsp3) is 0.818. The first-order valence-corrected chi connectivity index (χ1v) is 5.43. The number of rotatable bonds is 2. The minimum atomic E-state index is 0.00250. The zero-order chi connectivity index (χ0) is 11.6. The molecule has 4 nitrogen and oxygen atoms in total. The monoisotopic (exact) mass is 212 g/mol. The van der Waals surface area contributed by atoms with E-state index >= 15 is 0 Å². The van der Waals surface area contributed by atoms with Gasteiger partial charge in [-0.15, -0.1) is 0 Å². The molecule has 15 heavy (non-hydrogen) atoms. The molecule has 1 unspecified atom stereocenters. The third-order valence-corrected chi connectivity index (χ3v) is 2.78. The van der Waals surface area contributed by atoms with Gasteiger partial charge in [0.15, 0.2) is 0 Å². The van der Waals surface area contributed by atoms with E-state index in [2.05, 4.69) is 0 Å². The molecule has 0 aliphatic carbocycles. The average molecular weight is 212 g/mol. The summed E-state index contributed by atoms with van der Waals surface area (Å²) < 4.78 is 0. The van der Waals surface area contributed by atoms with Gasteiger partial charge in [0.25, 0.3) is 0 Å². The van der Waals surface area contributed by atoms with Gasteiger partial charge in [-0.05, 0) is 6.42 Å². The van der Waals surface area contributed by atoms with E-state index in [0.29, 0.717) is 6.54 Å². The predicted molar refractivity (Wildman–Crippen MR) is 58.2 cm³/mol. The van der Waals surface area contributed by atoms with Gasteiger partial charge in [-0.25, -0.2) is 0 Å². The van der Waals surface area contributed by atoms with Crippen molar-refractivity contribution in [1.82, 2.24) is 9.80 Å². The highest BCUT2D eigenvalue weighted by molar-refractivity contribution is 5.82. The number of hydrogen-bond acceptors (Lipinski definition) is 2. The summed E-state index contributed by atoms with van der Waals surface area (Å²) >= 11 is 0. The lowest BCUT2D eigenvalue weighted by molar-refractivity contribution is -0.135. The standard InChI is InChI=1S/C11H20N2O2/c1-8(2)10(14)13-6-5-9(7-13)11(15)12(3)4/h8-9H,5-7H2,1-4H3. The van der Waals surface area contributed by atoms with Crippen LogP contribution in [0.15, 0.2) is 0 Å². The first-order chi connectivity index (χ1) is 6.93. The van der Waals surface area contributed by atoms with Crippen molar-refractivity contribution in [3.05, 3.63) is 0 Å². The number of carbonyl (C=O) groups excluding carboxylic acids is 2. The summed E-state index contributed by atoms with van der Waals surface area (Å²) in [6.07, 6.45) is 0.801. The van der Waals surface area contributed by atoms with E-state index in [1.165, 1.54) is 0 Å². The lowest BCUT2D eigenvalue weighted by Gasteiger charge is -2.19. The highest BCUT2D eigenvalue weighted by atomic mass is 16.2. The average Bonchev–Trinajstić information content (AvgIpc) is 2.63. The zero-order valence-corrected chi connectivity index (χ0v) is 9.99. The normalized spacial score (nSPS) is 20.9. The fourth-order valence-corrected chi connectivity index (χ4v) is 1.89. The fourth-order valence-electron chi connectivity index (χ4n) is 1.89. The van der Waals surface area contributed by atoms with Crippen LogP contribution in [0.1, 0.15) is 20.3 Å². The molecule has 0 aromatic carbocycles. The smallest absolute Gasteiger partial charge is 0.227 e. The molecule has 0 radical (unpaired) electrons. The van der Waals surface area contributed by atoms with Gasteiger partial charge >= 0.3 is 0 Å². The summed E-state index contributed by atoms with van der Waals surface area (Å²) in [5, 5.41) is 0. The maximum atomic E-state index is 11.7. The quantitative estimate of drug-likeness (QED) is 0.672. The second-order valence-corrected chi connectivity index (χ2v) is 4.66. The molecule has 2 amide bonds. The third-order valence-electron chi connectivity index (χ3n) is 2.78. The molecule has 1 heterocycles. The second-order valence-electron chi connectivity index (χ2n) is 4.66. The first-order valence-electron chi connectivity index (χ1n) is 5.43. The number of amides is 2. The van der Waals surface area contributed by atoms with Gasteiger partial charge in [0.05, 0.1) is 5.92 Å². The molecule has 86 valence electrons. The van der Waals surface area contributed by atoms with Crippen LogP contribution >= 0.6 is 0 Å². The summed E-state index contributed by atoms with van der Waals surface area (Å²) in [7, 11) is 3.52. The Kier molecular flexibility index (Phi) is 3.72. The van der Waals surface area contributed by atoms with E-state index in [4.69, 9.17) is 0 Å². The lowest BCUT2D eigenvalue weighted by Crippen LogP contribution is -2.35. The molecular formula is C11H20N2O2. The summed E-state index contributed by atoms with van der Waals surface area (Å²) in [6, 6.07) is 0. The SMILES string of the molecule is CC(C)C(=O)N1CCC(C(=O)N(C)C)C1. The summed E-state index contributed by atoms with van der Waals surface area (Å²) in [5.74, 6) is 0.319. The number of likely N-dealkylation sites (tertiary alicyclic amines) is 1. The summed E-state index contributed by atoms with van der Waals surface area (Å²) in [6.45, 7) is 5.10. The van der Waals surface area contributed by atoms with Gasteiger partial charge in [-0.1, -0.05) is 13.8 Å². The molecule has 1 saturated heterocycles. The Labute approximate surface area is 91.2 Å². The Morgan fingerprint density at radius 1 is 1.33 bits per heavy atom. The molecule has 1 fully saturated rings. The van der Waals surface area contributed by atoms with E-state index in [9.17, 15) is 9.59 Å². The van der Waals surface area contributed by atoms with Crippen molar-refractivity contribution in [3.63, 3.8) is 0 Å². The van der Waals surface area contributed by atoms with E-state index in [-0.39, 0.29) is 23.7 Å². The second kappa shape index (κ2) is 4.64. The molecule has 0 spiro atoms. The lowest BCUT2D eigenvalue weighted by atomic mass is 10.1. The molecule has 0 bridgehead atoms. The van der Waals surface area contributed by atoms with Crippen molar-refractivity contribution in [3.8, 4) is 0 Å². The van der Waals surface area contributed by atoms with Crippen LogP contribution in [0.4, 0.5) is 0 Å². The van der Waals surface area contributed by atoms with Crippen LogP contribution in [0.25, 0.3) is 0 Å². The van der Waals surface area contributed by atoms with Crippen LogP contribution in [0.3, 0.4) is 0 Å². The Morgan fingerprint density at radius 2 is 1.93 bits per heavy atom. The highest BCUT2D eigenvalue weighted by Gasteiger charge is 2.32. The molecule has 1 aliphatic rings. The van der Waals surface area contributed by atoms with Gasteiger partial charge < -0.3 is 9.80 Å². The molecular weight excluding hydrogens is 192 g/mol. The minimum Gasteiger partial charge on any atom is -0.349 e. The topological polar surface area (TPSA) is 40.6 Å². The van der Waals surface area contributed by atoms with Gasteiger partial charge in [0.2, 0.25) is 11.8 Å². The molecule has 1 rings (SSSR count). The molecule has 4 heteroatoms. The first kappa shape index (κ1) is 12.0. The summed E-state index contributed by atoms with van der Waals surface area (Å²) in [5.41, 5.74) is 0. The molecule has 0 N–H and O–H groups in total. The van der Waals surface area contributed by atoms with Crippen molar-refractivity contribution >= 4 is 11.8 Å². The van der Waals surface area contributed by atoms with Gasteiger partial charge in [-0.3, -0.25) is 9.59 Å². The van der Waals surface area contributed by atoms with Crippen molar-refractivity contribution in [2.24, 2.45) is 11.8 Å².